The number of aldehydes is 1. The van der Waals surface area contributed by atoms with Gasteiger partial charge in [0.1, 0.15) is 5.75 Å². The summed E-state index contributed by atoms with van der Waals surface area (Å²) in [6, 6.07) is 7.64. The van der Waals surface area contributed by atoms with Gasteiger partial charge in [0.15, 0.2) is 16.9 Å². The van der Waals surface area contributed by atoms with Gasteiger partial charge < -0.3 is 9.64 Å². The number of nitrogens with zero attached hydrogens (tertiary/aromatic N) is 3. The van der Waals surface area contributed by atoms with Crippen LogP contribution >= 0.6 is 11.3 Å². The number of benzene rings is 1. The maximum absolute atomic E-state index is 11.2. The predicted octanol–water partition coefficient (Wildman–Crippen LogP) is 3.07. The normalized spacial score (nSPS) is 10.7. The van der Waals surface area contributed by atoms with E-state index >= 15 is 0 Å². The van der Waals surface area contributed by atoms with Crippen LogP contribution in [0.3, 0.4) is 0 Å². The molecule has 20 heavy (non-hydrogen) atoms. The Hall–Kier alpha value is -2.34. The Kier molecular flexibility index (Phi) is 3.15. The number of aromatic nitrogens is 2. The smallest absolute Gasteiger partial charge is 0.250 e. The van der Waals surface area contributed by atoms with E-state index in [4.69, 9.17) is 4.74 Å². The lowest BCUT2D eigenvalue weighted by atomic mass is 10.3. The second kappa shape index (κ2) is 4.97. The molecule has 0 bridgehead atoms. The highest BCUT2D eigenvalue weighted by atomic mass is 32.1. The number of hydrogen-bond donors (Lipinski definition) is 0. The molecule has 0 saturated heterocycles. The summed E-state index contributed by atoms with van der Waals surface area (Å²) in [6.07, 6.45) is 2.57. The minimum atomic E-state index is 0.336. The van der Waals surface area contributed by atoms with Crippen molar-refractivity contribution in [3.8, 4) is 11.6 Å². The highest BCUT2D eigenvalue weighted by Crippen LogP contribution is 2.28. The number of carbonyl (C=O) groups is 1. The molecule has 0 unspecified atom stereocenters. The van der Waals surface area contributed by atoms with Gasteiger partial charge >= 0.3 is 0 Å². The number of rotatable bonds is 4. The van der Waals surface area contributed by atoms with Crippen molar-refractivity contribution in [3.63, 3.8) is 0 Å². The first kappa shape index (κ1) is 12.7. The predicted molar refractivity (Wildman–Crippen MR) is 79.3 cm³/mol. The van der Waals surface area contributed by atoms with Crippen molar-refractivity contribution >= 4 is 28.3 Å². The average Bonchev–Trinajstić information content (AvgIpc) is 2.99. The molecule has 3 rings (SSSR count). The fourth-order valence-electron chi connectivity index (χ4n) is 1.90. The molecule has 0 aliphatic carbocycles. The molecule has 0 aliphatic rings. The lowest BCUT2D eigenvalue weighted by molar-refractivity contribution is 0.111. The summed E-state index contributed by atoms with van der Waals surface area (Å²) >= 11 is 1.46. The monoisotopic (exact) mass is 287 g/mol. The summed E-state index contributed by atoms with van der Waals surface area (Å²) in [6.45, 7) is 0. The quantitative estimate of drug-likeness (QED) is 0.692. The summed E-state index contributed by atoms with van der Waals surface area (Å²) in [5.41, 5.74) is 1.45. The average molecular weight is 287 g/mol. The first-order valence-corrected chi connectivity index (χ1v) is 6.93. The topological polar surface area (TPSA) is 46.8 Å². The molecule has 0 saturated carbocycles. The summed E-state index contributed by atoms with van der Waals surface area (Å²) in [5, 5.41) is 1.88. The van der Waals surface area contributed by atoms with Crippen molar-refractivity contribution in [2.75, 3.05) is 19.0 Å². The molecular formula is C14H13N3O2S. The van der Waals surface area contributed by atoms with Gasteiger partial charge in [0, 0.05) is 37.4 Å². The fraction of sp³-hybridized carbons (Fsp3) is 0.143. The zero-order chi connectivity index (χ0) is 14.1. The molecule has 3 aromatic rings. The van der Waals surface area contributed by atoms with E-state index in [1.165, 1.54) is 11.3 Å². The number of thiazole rings is 1. The Morgan fingerprint density at radius 2 is 2.25 bits per heavy atom. The first-order valence-electron chi connectivity index (χ1n) is 6.05. The molecule has 0 aliphatic heterocycles. The Bertz CT molecular complexity index is 761. The van der Waals surface area contributed by atoms with Crippen molar-refractivity contribution in [1.29, 1.82) is 0 Å². The zero-order valence-corrected chi connectivity index (χ0v) is 11.9. The maximum Gasteiger partial charge on any atom is 0.250 e. The lowest BCUT2D eigenvalue weighted by Crippen LogP contribution is -2.08. The third kappa shape index (κ3) is 2.14. The molecule has 2 aromatic heterocycles. The SMILES string of the molecule is CN(C)c1cccc(Oc2nc3sccn3c2C=O)c1. The molecule has 0 N–H and O–H groups in total. The van der Waals surface area contributed by atoms with Crippen LogP contribution in [0.25, 0.3) is 4.96 Å². The summed E-state index contributed by atoms with van der Waals surface area (Å²) in [5.74, 6) is 0.993. The van der Waals surface area contributed by atoms with Gasteiger partial charge in [0.05, 0.1) is 0 Å². The van der Waals surface area contributed by atoms with Gasteiger partial charge in [0.2, 0.25) is 5.88 Å². The second-order valence-electron chi connectivity index (χ2n) is 4.47. The van der Waals surface area contributed by atoms with Crippen LogP contribution in [0.4, 0.5) is 5.69 Å². The summed E-state index contributed by atoms with van der Waals surface area (Å²) < 4.78 is 7.48. The van der Waals surface area contributed by atoms with Crippen LogP contribution in [-0.4, -0.2) is 29.8 Å². The van der Waals surface area contributed by atoms with Crippen molar-refractivity contribution in [1.82, 2.24) is 9.38 Å². The Morgan fingerprint density at radius 1 is 1.40 bits per heavy atom. The Labute approximate surface area is 120 Å². The van der Waals surface area contributed by atoms with Gasteiger partial charge in [-0.2, -0.15) is 4.98 Å². The molecular weight excluding hydrogens is 274 g/mol. The molecule has 0 amide bonds. The van der Waals surface area contributed by atoms with E-state index < -0.39 is 0 Å². The zero-order valence-electron chi connectivity index (χ0n) is 11.1. The number of fused-ring (bicyclic) bond motifs is 1. The number of ether oxygens (including phenoxy) is 1. The first-order chi connectivity index (χ1) is 9.69. The minimum Gasteiger partial charge on any atom is -0.437 e. The van der Waals surface area contributed by atoms with Crippen LogP contribution in [-0.2, 0) is 0 Å². The number of hydrogen-bond acceptors (Lipinski definition) is 5. The highest BCUT2D eigenvalue weighted by molar-refractivity contribution is 7.15. The lowest BCUT2D eigenvalue weighted by Gasteiger charge is -2.13. The second-order valence-corrected chi connectivity index (χ2v) is 5.34. The van der Waals surface area contributed by atoms with Gasteiger partial charge in [-0.1, -0.05) is 6.07 Å². The minimum absolute atomic E-state index is 0.336. The van der Waals surface area contributed by atoms with Crippen LogP contribution < -0.4 is 9.64 Å². The largest absolute Gasteiger partial charge is 0.437 e. The number of carbonyl (C=O) groups excluding carboxylic acids is 1. The van der Waals surface area contributed by atoms with Gasteiger partial charge in [-0.15, -0.1) is 11.3 Å². The van der Waals surface area contributed by atoms with Gasteiger partial charge in [0.25, 0.3) is 0 Å². The van der Waals surface area contributed by atoms with Gasteiger partial charge in [-0.05, 0) is 12.1 Å². The van der Waals surface area contributed by atoms with Gasteiger partial charge in [-0.3, -0.25) is 9.20 Å². The number of imidazole rings is 1. The van der Waals surface area contributed by atoms with E-state index in [0.717, 1.165) is 16.9 Å². The highest BCUT2D eigenvalue weighted by Gasteiger charge is 2.14. The molecule has 0 atom stereocenters. The molecule has 1 aromatic carbocycles. The van der Waals surface area contributed by atoms with E-state index in [1.54, 1.807) is 10.6 Å². The van der Waals surface area contributed by atoms with Crippen molar-refractivity contribution in [2.45, 2.75) is 0 Å². The van der Waals surface area contributed by atoms with Crippen LogP contribution in [0.5, 0.6) is 11.6 Å². The molecule has 102 valence electrons. The standard InChI is InChI=1S/C14H13N3O2S/c1-16(2)10-4-3-5-11(8-10)19-13-12(9-18)17-6-7-20-14(17)15-13/h3-9H,1-2H3. The number of anilines is 1. The van der Waals surface area contributed by atoms with E-state index in [0.29, 0.717) is 17.3 Å². The maximum atomic E-state index is 11.2. The fourth-order valence-corrected chi connectivity index (χ4v) is 2.62. The van der Waals surface area contributed by atoms with Crippen LogP contribution in [0.2, 0.25) is 0 Å². The van der Waals surface area contributed by atoms with Crippen LogP contribution in [0.15, 0.2) is 35.8 Å². The molecule has 0 radical (unpaired) electrons. The van der Waals surface area contributed by atoms with E-state index in [2.05, 4.69) is 4.98 Å². The van der Waals surface area contributed by atoms with Crippen molar-refractivity contribution in [2.24, 2.45) is 0 Å². The third-order valence-corrected chi connectivity index (χ3v) is 3.68. The molecule has 0 fully saturated rings. The molecule has 6 heteroatoms. The van der Waals surface area contributed by atoms with Crippen LogP contribution in [0, 0.1) is 0 Å². The van der Waals surface area contributed by atoms with E-state index in [1.807, 2.05) is 48.6 Å². The molecule has 0 spiro atoms. The van der Waals surface area contributed by atoms with E-state index in [-0.39, 0.29) is 0 Å². The third-order valence-electron chi connectivity index (χ3n) is 2.93. The molecule has 5 nitrogen and oxygen atoms in total. The Morgan fingerprint density at radius 3 is 3.00 bits per heavy atom. The summed E-state index contributed by atoms with van der Waals surface area (Å²) in [4.78, 5) is 18.3. The van der Waals surface area contributed by atoms with Crippen molar-refractivity contribution in [3.05, 3.63) is 41.5 Å². The van der Waals surface area contributed by atoms with Gasteiger partial charge in [-0.25, -0.2) is 0 Å². The van der Waals surface area contributed by atoms with Crippen LogP contribution in [0.1, 0.15) is 10.5 Å². The van der Waals surface area contributed by atoms with E-state index in [9.17, 15) is 4.79 Å². The summed E-state index contributed by atoms with van der Waals surface area (Å²) in [7, 11) is 3.92. The Balaban J connectivity index is 1.98. The molecule has 2 heterocycles. The van der Waals surface area contributed by atoms with Crippen molar-refractivity contribution < 1.29 is 9.53 Å².